The van der Waals surface area contributed by atoms with Crippen molar-refractivity contribution >= 4 is 17.3 Å². The van der Waals surface area contributed by atoms with Crippen LogP contribution in [-0.2, 0) is 0 Å². The molecule has 2 N–H and O–H groups in total. The maximum Gasteiger partial charge on any atom is 0.257 e. The van der Waals surface area contributed by atoms with Crippen LogP contribution < -0.4 is 15.4 Å². The summed E-state index contributed by atoms with van der Waals surface area (Å²) in [4.78, 5) is 16.3. The molecule has 0 saturated carbocycles. The normalized spacial score (nSPS) is 10.0. The van der Waals surface area contributed by atoms with Gasteiger partial charge in [0.05, 0.1) is 18.4 Å². The average molecular weight is 285 g/mol. The quantitative estimate of drug-likeness (QED) is 0.855. The lowest BCUT2D eigenvalue weighted by molar-refractivity contribution is 0.102. The van der Waals surface area contributed by atoms with E-state index in [0.717, 1.165) is 18.7 Å². The summed E-state index contributed by atoms with van der Waals surface area (Å²) in [6.45, 7) is 2.93. The van der Waals surface area contributed by atoms with E-state index >= 15 is 0 Å². The number of benzene rings is 1. The maximum atomic E-state index is 12.2. The highest BCUT2D eigenvalue weighted by Crippen LogP contribution is 2.18. The number of rotatable bonds is 6. The molecule has 1 heterocycles. The largest absolute Gasteiger partial charge is 0.497 e. The van der Waals surface area contributed by atoms with E-state index in [0.29, 0.717) is 17.0 Å². The molecule has 0 aliphatic heterocycles. The van der Waals surface area contributed by atoms with Crippen molar-refractivity contribution in [2.24, 2.45) is 0 Å². The topological polar surface area (TPSA) is 63.2 Å². The molecule has 5 heteroatoms. The summed E-state index contributed by atoms with van der Waals surface area (Å²) in [7, 11) is 1.59. The van der Waals surface area contributed by atoms with Gasteiger partial charge in [0.25, 0.3) is 5.91 Å². The number of carbonyl (C=O) groups is 1. The molecule has 2 rings (SSSR count). The summed E-state index contributed by atoms with van der Waals surface area (Å²) in [6, 6.07) is 9.02. The third-order valence-corrected chi connectivity index (χ3v) is 2.91. The van der Waals surface area contributed by atoms with Gasteiger partial charge in [-0.2, -0.15) is 0 Å². The van der Waals surface area contributed by atoms with Crippen molar-refractivity contribution in [3.8, 4) is 5.75 Å². The fraction of sp³-hybridized carbons (Fsp3) is 0.250. The maximum absolute atomic E-state index is 12.2. The number of aromatic nitrogens is 1. The Morgan fingerprint density at radius 2 is 2.10 bits per heavy atom. The molecule has 2 aromatic rings. The zero-order valence-corrected chi connectivity index (χ0v) is 12.2. The Kier molecular flexibility index (Phi) is 5.15. The second-order valence-electron chi connectivity index (χ2n) is 4.58. The molecule has 0 radical (unpaired) electrons. The first-order valence-electron chi connectivity index (χ1n) is 6.87. The van der Waals surface area contributed by atoms with Crippen molar-refractivity contribution in [1.29, 1.82) is 0 Å². The van der Waals surface area contributed by atoms with Crippen molar-refractivity contribution in [3.63, 3.8) is 0 Å². The molecule has 0 fully saturated rings. The lowest BCUT2D eigenvalue weighted by atomic mass is 10.2. The SMILES string of the molecule is CCCNc1cncc(C(=O)Nc2cccc(OC)c2)c1. The van der Waals surface area contributed by atoms with E-state index in [1.54, 1.807) is 31.6 Å². The molecule has 0 aliphatic rings. The molecule has 21 heavy (non-hydrogen) atoms. The summed E-state index contributed by atoms with van der Waals surface area (Å²) in [5.41, 5.74) is 2.04. The smallest absolute Gasteiger partial charge is 0.257 e. The lowest BCUT2D eigenvalue weighted by Crippen LogP contribution is -2.13. The third-order valence-electron chi connectivity index (χ3n) is 2.91. The number of hydrogen-bond acceptors (Lipinski definition) is 4. The lowest BCUT2D eigenvalue weighted by Gasteiger charge is -2.08. The molecule has 0 unspecified atom stereocenters. The summed E-state index contributed by atoms with van der Waals surface area (Å²) < 4.78 is 5.13. The van der Waals surface area contributed by atoms with Crippen LogP contribution in [0, 0.1) is 0 Å². The van der Waals surface area contributed by atoms with Gasteiger partial charge >= 0.3 is 0 Å². The zero-order chi connectivity index (χ0) is 15.1. The Morgan fingerprint density at radius 1 is 1.24 bits per heavy atom. The van der Waals surface area contributed by atoms with E-state index in [-0.39, 0.29) is 5.91 Å². The number of nitrogens with zero attached hydrogens (tertiary/aromatic N) is 1. The molecule has 5 nitrogen and oxygen atoms in total. The number of pyridine rings is 1. The van der Waals surface area contributed by atoms with Gasteiger partial charge in [0.15, 0.2) is 0 Å². The van der Waals surface area contributed by atoms with Gasteiger partial charge in [-0.3, -0.25) is 9.78 Å². The van der Waals surface area contributed by atoms with Gasteiger partial charge in [-0.15, -0.1) is 0 Å². The molecule has 1 aromatic carbocycles. The number of carbonyl (C=O) groups excluding carboxylic acids is 1. The second-order valence-corrected chi connectivity index (χ2v) is 4.58. The van der Waals surface area contributed by atoms with Gasteiger partial charge < -0.3 is 15.4 Å². The number of methoxy groups -OCH3 is 1. The molecule has 0 spiro atoms. The molecule has 0 atom stereocenters. The number of hydrogen-bond donors (Lipinski definition) is 2. The van der Waals surface area contributed by atoms with Crippen molar-refractivity contribution in [2.75, 3.05) is 24.3 Å². The Morgan fingerprint density at radius 3 is 2.86 bits per heavy atom. The first kappa shape index (κ1) is 14.8. The van der Waals surface area contributed by atoms with Crippen LogP contribution >= 0.6 is 0 Å². The van der Waals surface area contributed by atoms with E-state index in [1.165, 1.54) is 0 Å². The summed E-state index contributed by atoms with van der Waals surface area (Å²) in [5, 5.41) is 6.04. The van der Waals surface area contributed by atoms with Gasteiger partial charge in [0.1, 0.15) is 5.75 Å². The highest BCUT2D eigenvalue weighted by molar-refractivity contribution is 6.04. The summed E-state index contributed by atoms with van der Waals surface area (Å²) in [6.07, 6.45) is 4.27. The van der Waals surface area contributed by atoms with Crippen LogP contribution in [0.15, 0.2) is 42.7 Å². The van der Waals surface area contributed by atoms with Crippen LogP contribution in [0.2, 0.25) is 0 Å². The van der Waals surface area contributed by atoms with Gasteiger partial charge in [-0.25, -0.2) is 0 Å². The average Bonchev–Trinajstić information content (AvgIpc) is 2.53. The van der Waals surface area contributed by atoms with Crippen LogP contribution in [0.4, 0.5) is 11.4 Å². The third kappa shape index (κ3) is 4.21. The van der Waals surface area contributed by atoms with E-state index in [1.807, 2.05) is 18.2 Å². The van der Waals surface area contributed by atoms with Crippen molar-refractivity contribution < 1.29 is 9.53 Å². The molecule has 0 aliphatic carbocycles. The van der Waals surface area contributed by atoms with E-state index in [9.17, 15) is 4.79 Å². The first-order valence-corrected chi connectivity index (χ1v) is 6.87. The Balaban J connectivity index is 2.08. The molecule has 110 valence electrons. The zero-order valence-electron chi connectivity index (χ0n) is 12.2. The monoisotopic (exact) mass is 285 g/mol. The van der Waals surface area contributed by atoms with E-state index in [2.05, 4.69) is 22.5 Å². The molecule has 1 amide bonds. The Labute approximate surface area is 124 Å². The summed E-state index contributed by atoms with van der Waals surface area (Å²) >= 11 is 0. The van der Waals surface area contributed by atoms with E-state index < -0.39 is 0 Å². The number of amides is 1. The summed E-state index contributed by atoms with van der Waals surface area (Å²) in [5.74, 6) is 0.500. The Hall–Kier alpha value is -2.56. The minimum Gasteiger partial charge on any atom is -0.497 e. The van der Waals surface area contributed by atoms with E-state index in [4.69, 9.17) is 4.74 Å². The van der Waals surface area contributed by atoms with Crippen LogP contribution in [0.1, 0.15) is 23.7 Å². The molecular weight excluding hydrogens is 266 g/mol. The fourth-order valence-electron chi connectivity index (χ4n) is 1.83. The Bertz CT molecular complexity index is 614. The van der Waals surface area contributed by atoms with Gasteiger partial charge in [0, 0.05) is 30.7 Å². The molecule has 0 saturated heterocycles. The number of nitrogens with one attached hydrogen (secondary N) is 2. The van der Waals surface area contributed by atoms with Crippen LogP contribution in [-0.4, -0.2) is 24.5 Å². The van der Waals surface area contributed by atoms with Crippen LogP contribution in [0.25, 0.3) is 0 Å². The fourth-order valence-corrected chi connectivity index (χ4v) is 1.83. The van der Waals surface area contributed by atoms with Crippen molar-refractivity contribution in [1.82, 2.24) is 4.98 Å². The number of ether oxygens (including phenoxy) is 1. The molecular formula is C16H19N3O2. The predicted molar refractivity (Wildman–Crippen MR) is 84.0 cm³/mol. The highest BCUT2D eigenvalue weighted by Gasteiger charge is 2.08. The van der Waals surface area contributed by atoms with Gasteiger partial charge in [-0.1, -0.05) is 13.0 Å². The van der Waals surface area contributed by atoms with Crippen molar-refractivity contribution in [2.45, 2.75) is 13.3 Å². The van der Waals surface area contributed by atoms with Crippen LogP contribution in [0.5, 0.6) is 5.75 Å². The minimum atomic E-state index is -0.198. The molecule has 0 bridgehead atoms. The minimum absolute atomic E-state index is 0.198. The predicted octanol–water partition coefficient (Wildman–Crippen LogP) is 3.16. The standard InChI is InChI=1S/C16H19N3O2/c1-3-7-18-14-8-12(10-17-11-14)16(20)19-13-5-4-6-15(9-13)21-2/h4-6,8-11,18H,3,7H2,1-2H3,(H,19,20). The second kappa shape index (κ2) is 7.28. The highest BCUT2D eigenvalue weighted by atomic mass is 16.5. The van der Waals surface area contributed by atoms with Crippen LogP contribution in [0.3, 0.4) is 0 Å². The number of anilines is 2. The van der Waals surface area contributed by atoms with Crippen molar-refractivity contribution in [3.05, 3.63) is 48.3 Å². The van der Waals surface area contributed by atoms with Gasteiger partial charge in [0.2, 0.25) is 0 Å². The van der Waals surface area contributed by atoms with Gasteiger partial charge in [-0.05, 0) is 24.6 Å². The first-order chi connectivity index (χ1) is 10.2. The molecule has 1 aromatic heterocycles.